The van der Waals surface area contributed by atoms with Crippen LogP contribution >= 0.6 is 27.5 Å². The van der Waals surface area contributed by atoms with Crippen molar-refractivity contribution in [1.29, 1.82) is 0 Å². The molecule has 2 aromatic rings. The molecule has 1 amide bonds. The molecule has 0 aliphatic heterocycles. The summed E-state index contributed by atoms with van der Waals surface area (Å²) >= 11 is 9.04. The van der Waals surface area contributed by atoms with Crippen LogP contribution < -0.4 is 5.32 Å². The third-order valence-corrected chi connectivity index (χ3v) is 3.42. The van der Waals surface area contributed by atoms with Gasteiger partial charge in [0.15, 0.2) is 0 Å². The molecule has 0 aliphatic carbocycles. The number of nitro benzene ring substituents is 1. The summed E-state index contributed by atoms with van der Waals surface area (Å²) in [6.45, 7) is 0. The van der Waals surface area contributed by atoms with Crippen molar-refractivity contribution in [2.24, 2.45) is 0 Å². The van der Waals surface area contributed by atoms with E-state index < -0.39 is 10.8 Å². The predicted octanol–water partition coefficient (Wildman–Crippen LogP) is 4.26. The Morgan fingerprint density at radius 2 is 2.00 bits per heavy atom. The SMILES string of the molecule is O=C(Nc1cc([N+](=O)[O-])ccc1Br)c1cccc(Cl)c1. The van der Waals surface area contributed by atoms with Gasteiger partial charge in [-0.1, -0.05) is 17.7 Å². The van der Waals surface area contributed by atoms with Crippen LogP contribution in [0, 0.1) is 10.1 Å². The highest BCUT2D eigenvalue weighted by molar-refractivity contribution is 9.10. The van der Waals surface area contributed by atoms with Crippen LogP contribution in [0.25, 0.3) is 0 Å². The zero-order chi connectivity index (χ0) is 14.7. The molecule has 0 aliphatic rings. The Hall–Kier alpha value is -1.92. The molecule has 0 saturated carbocycles. The van der Waals surface area contributed by atoms with Crippen molar-refractivity contribution >= 4 is 44.8 Å². The number of carbonyl (C=O) groups is 1. The summed E-state index contributed by atoms with van der Waals surface area (Å²) in [4.78, 5) is 22.2. The standard InChI is InChI=1S/C13H8BrClN2O3/c14-11-5-4-10(17(19)20)7-12(11)16-13(18)8-2-1-3-9(15)6-8/h1-7H,(H,16,18). The van der Waals surface area contributed by atoms with E-state index in [0.717, 1.165) is 0 Å². The summed E-state index contributed by atoms with van der Waals surface area (Å²) in [5.74, 6) is -0.395. The van der Waals surface area contributed by atoms with Gasteiger partial charge in [0.05, 0.1) is 10.6 Å². The average Bonchev–Trinajstić information content (AvgIpc) is 2.41. The number of carbonyl (C=O) groups excluding carboxylic acids is 1. The number of halogens is 2. The monoisotopic (exact) mass is 354 g/mol. The first-order valence-corrected chi connectivity index (χ1v) is 6.65. The molecule has 0 fully saturated rings. The summed E-state index contributed by atoms with van der Waals surface area (Å²) in [5, 5.41) is 13.8. The van der Waals surface area contributed by atoms with Crippen LogP contribution in [0.1, 0.15) is 10.4 Å². The molecule has 0 spiro atoms. The molecule has 0 bridgehead atoms. The van der Waals surface area contributed by atoms with Crippen molar-refractivity contribution in [3.63, 3.8) is 0 Å². The molecule has 102 valence electrons. The van der Waals surface area contributed by atoms with E-state index in [2.05, 4.69) is 21.2 Å². The second-order valence-electron chi connectivity index (χ2n) is 3.89. The zero-order valence-corrected chi connectivity index (χ0v) is 12.3. The van der Waals surface area contributed by atoms with Crippen molar-refractivity contribution in [3.8, 4) is 0 Å². The number of anilines is 1. The second-order valence-corrected chi connectivity index (χ2v) is 5.18. The quantitative estimate of drug-likeness (QED) is 0.660. The molecule has 0 heterocycles. The Kier molecular flexibility index (Phi) is 4.36. The van der Waals surface area contributed by atoms with Gasteiger partial charge < -0.3 is 5.32 Å². The number of nitrogens with one attached hydrogen (secondary N) is 1. The highest BCUT2D eigenvalue weighted by Gasteiger charge is 2.13. The lowest BCUT2D eigenvalue weighted by Gasteiger charge is -2.07. The van der Waals surface area contributed by atoms with Gasteiger partial charge in [-0.05, 0) is 40.2 Å². The number of rotatable bonds is 3. The number of benzene rings is 2. The fraction of sp³-hybridized carbons (Fsp3) is 0. The fourth-order valence-electron chi connectivity index (χ4n) is 1.55. The molecule has 0 atom stereocenters. The smallest absolute Gasteiger partial charge is 0.271 e. The maximum Gasteiger partial charge on any atom is 0.271 e. The van der Waals surface area contributed by atoms with Gasteiger partial charge in [-0.25, -0.2) is 0 Å². The van der Waals surface area contributed by atoms with E-state index in [1.165, 1.54) is 24.3 Å². The topological polar surface area (TPSA) is 72.2 Å². The largest absolute Gasteiger partial charge is 0.321 e. The van der Waals surface area contributed by atoms with Crippen molar-refractivity contribution in [2.75, 3.05) is 5.32 Å². The van der Waals surface area contributed by atoms with Gasteiger partial charge in [-0.3, -0.25) is 14.9 Å². The summed E-state index contributed by atoms with van der Waals surface area (Å²) in [6, 6.07) is 10.6. The lowest BCUT2D eigenvalue weighted by molar-refractivity contribution is -0.384. The molecule has 2 rings (SSSR count). The van der Waals surface area contributed by atoms with E-state index in [-0.39, 0.29) is 5.69 Å². The lowest BCUT2D eigenvalue weighted by Crippen LogP contribution is -2.12. The predicted molar refractivity (Wildman–Crippen MR) is 80.2 cm³/mol. The normalized spacial score (nSPS) is 10.1. The summed E-state index contributed by atoms with van der Waals surface area (Å²) < 4.78 is 0.554. The molecule has 20 heavy (non-hydrogen) atoms. The molecule has 2 aromatic carbocycles. The van der Waals surface area contributed by atoms with Gasteiger partial charge in [-0.2, -0.15) is 0 Å². The van der Waals surface area contributed by atoms with Crippen molar-refractivity contribution in [2.45, 2.75) is 0 Å². The maximum atomic E-state index is 12.0. The Labute approximate surface area is 127 Å². The van der Waals surface area contributed by atoms with Crippen molar-refractivity contribution in [3.05, 3.63) is 67.6 Å². The number of non-ortho nitro benzene ring substituents is 1. The molecule has 7 heteroatoms. The lowest BCUT2D eigenvalue weighted by atomic mass is 10.2. The van der Waals surface area contributed by atoms with Crippen LogP contribution in [-0.2, 0) is 0 Å². The number of nitrogens with zero attached hydrogens (tertiary/aromatic N) is 1. The highest BCUT2D eigenvalue weighted by atomic mass is 79.9. The Bertz CT molecular complexity index is 691. The van der Waals surface area contributed by atoms with Crippen molar-refractivity contribution in [1.82, 2.24) is 0 Å². The van der Waals surface area contributed by atoms with Gasteiger partial charge in [0.2, 0.25) is 0 Å². The minimum atomic E-state index is -0.526. The second kappa shape index (κ2) is 6.02. The Balaban J connectivity index is 2.27. The summed E-state index contributed by atoms with van der Waals surface area (Å²) in [7, 11) is 0. The van der Waals surface area contributed by atoms with Gasteiger partial charge in [0.1, 0.15) is 0 Å². The van der Waals surface area contributed by atoms with Crippen LogP contribution in [0.3, 0.4) is 0 Å². The van der Waals surface area contributed by atoms with Gasteiger partial charge in [0.25, 0.3) is 11.6 Å². The van der Waals surface area contributed by atoms with Crippen LogP contribution in [0.15, 0.2) is 46.9 Å². The molecule has 0 saturated heterocycles. The third-order valence-electron chi connectivity index (χ3n) is 2.50. The van der Waals surface area contributed by atoms with Crippen LogP contribution in [0.4, 0.5) is 11.4 Å². The van der Waals surface area contributed by atoms with Gasteiger partial charge in [0, 0.05) is 27.2 Å². The molecular formula is C13H8BrClN2O3. The number of nitro groups is 1. The van der Waals surface area contributed by atoms with Crippen LogP contribution in [0.5, 0.6) is 0 Å². The number of amides is 1. The molecule has 0 aromatic heterocycles. The first-order chi connectivity index (χ1) is 9.47. The van der Waals surface area contributed by atoms with Crippen molar-refractivity contribution < 1.29 is 9.72 Å². The Morgan fingerprint density at radius 1 is 1.25 bits per heavy atom. The molecule has 0 unspecified atom stereocenters. The number of hydrogen-bond acceptors (Lipinski definition) is 3. The van der Waals surface area contributed by atoms with Gasteiger partial charge in [-0.15, -0.1) is 0 Å². The molecular weight excluding hydrogens is 348 g/mol. The zero-order valence-electron chi connectivity index (χ0n) is 9.97. The van der Waals surface area contributed by atoms with Gasteiger partial charge >= 0.3 is 0 Å². The van der Waals surface area contributed by atoms with E-state index in [1.807, 2.05) is 0 Å². The van der Waals surface area contributed by atoms with Crippen LogP contribution in [-0.4, -0.2) is 10.8 Å². The average molecular weight is 356 g/mol. The summed E-state index contributed by atoms with van der Waals surface area (Å²) in [5.41, 5.74) is 0.592. The number of hydrogen-bond donors (Lipinski definition) is 1. The van der Waals surface area contributed by atoms with E-state index >= 15 is 0 Å². The van der Waals surface area contributed by atoms with E-state index in [1.54, 1.807) is 18.2 Å². The molecule has 1 N–H and O–H groups in total. The van der Waals surface area contributed by atoms with Crippen LogP contribution in [0.2, 0.25) is 5.02 Å². The first-order valence-electron chi connectivity index (χ1n) is 5.48. The molecule has 5 nitrogen and oxygen atoms in total. The third kappa shape index (κ3) is 3.34. The minimum absolute atomic E-state index is 0.102. The fourth-order valence-corrected chi connectivity index (χ4v) is 2.08. The van der Waals surface area contributed by atoms with E-state index in [9.17, 15) is 14.9 Å². The molecule has 0 radical (unpaired) electrons. The first kappa shape index (κ1) is 14.5. The maximum absolute atomic E-state index is 12.0. The Morgan fingerprint density at radius 3 is 2.65 bits per heavy atom. The highest BCUT2D eigenvalue weighted by Crippen LogP contribution is 2.27. The summed E-state index contributed by atoms with van der Waals surface area (Å²) in [6.07, 6.45) is 0. The minimum Gasteiger partial charge on any atom is -0.321 e. The van der Waals surface area contributed by atoms with E-state index in [0.29, 0.717) is 20.7 Å². The van der Waals surface area contributed by atoms with E-state index in [4.69, 9.17) is 11.6 Å².